The number of likely N-dealkylation sites (N-methyl/N-ethyl adjacent to an activating group) is 1. The number of hydrogen-bond donors (Lipinski definition) is 6. The number of anilines is 18. The number of hydrogen-bond acceptors (Lipinski definition) is 25. The summed E-state index contributed by atoms with van der Waals surface area (Å²) in [5, 5.41) is 10.00. The van der Waals surface area contributed by atoms with Gasteiger partial charge in [-0.2, -0.15) is 4.98 Å². The first-order valence-corrected chi connectivity index (χ1v) is 39.1. The molecule has 7 N–H and O–H groups in total. The Hall–Kier alpha value is -12.9. The van der Waals surface area contributed by atoms with Gasteiger partial charge in [0.2, 0.25) is 27.7 Å². The summed E-state index contributed by atoms with van der Waals surface area (Å²) in [6.45, 7) is 2.14. The summed E-state index contributed by atoms with van der Waals surface area (Å²) in [5.41, 5.74) is 18.3. The Morgan fingerprint density at radius 3 is 1.25 bits per heavy atom. The van der Waals surface area contributed by atoms with Crippen LogP contribution in [0.5, 0.6) is 5.75 Å². The van der Waals surface area contributed by atoms with Crippen LogP contribution < -0.4 is 65.3 Å². The quantitative estimate of drug-likeness (QED) is 0.0176. The van der Waals surface area contributed by atoms with E-state index in [1.807, 2.05) is 183 Å². The zero-order chi connectivity index (χ0) is 84.8. The van der Waals surface area contributed by atoms with Crippen LogP contribution in [0.2, 0.25) is 15.9 Å². The smallest absolute Gasteiger partial charge is 0.573 e. The molecule has 2 atom stereocenters. The normalized spacial score (nSPS) is 11.1. The molecule has 0 fully saturated rings. The summed E-state index contributed by atoms with van der Waals surface area (Å²) in [4.78, 5) is 65.6. The molecule has 0 aliphatic carbocycles. The van der Waals surface area contributed by atoms with Crippen LogP contribution in [0, 0.1) is 0 Å². The molecule has 36 heteroatoms. The second-order valence-corrected chi connectivity index (χ2v) is 27.6. The maximum atomic E-state index is 12.8. The third kappa shape index (κ3) is 28.0. The lowest BCUT2D eigenvalue weighted by molar-refractivity contribution is -0.274. The van der Waals surface area contributed by atoms with Crippen molar-refractivity contribution < 1.29 is 40.2 Å². The van der Waals surface area contributed by atoms with E-state index >= 15 is 0 Å². The van der Waals surface area contributed by atoms with Gasteiger partial charge in [-0.15, -0.1) is 13.2 Å². The molecule has 0 bridgehead atoms. The molecule has 13 aromatic rings. The predicted octanol–water partition coefficient (Wildman–Crippen LogP) is 17.3. The minimum absolute atomic E-state index is 0.00187. The molecule has 0 saturated heterocycles. The highest BCUT2D eigenvalue weighted by atomic mass is 35.5. The second-order valence-electron chi connectivity index (χ2n) is 25.2. The molecule has 0 aliphatic heterocycles. The maximum absolute atomic E-state index is 12.8. The molecular formula is C82H82Cl3F3N22O6S2-2. The van der Waals surface area contributed by atoms with Gasteiger partial charge in [0, 0.05) is 185 Å². The molecule has 2 unspecified atom stereocenters. The lowest BCUT2D eigenvalue weighted by Gasteiger charge is -2.21. The van der Waals surface area contributed by atoms with Crippen LogP contribution in [0.1, 0.15) is 29.4 Å². The number of aryl methyl sites for hydroxylation is 1. The van der Waals surface area contributed by atoms with Gasteiger partial charge in [0.15, 0.2) is 0 Å². The minimum atomic E-state index is -4.78. The first kappa shape index (κ1) is 89.0. The predicted molar refractivity (Wildman–Crippen MR) is 465 cm³/mol. The summed E-state index contributed by atoms with van der Waals surface area (Å²) in [7, 11) is 15.0. The Bertz CT molecular complexity index is 5330. The van der Waals surface area contributed by atoms with Crippen molar-refractivity contribution in [3.05, 3.63) is 294 Å². The van der Waals surface area contributed by atoms with Gasteiger partial charge in [0.05, 0.1) is 6.42 Å². The van der Waals surface area contributed by atoms with Gasteiger partial charge < -0.3 is 74.4 Å². The number of amides is 1. The summed E-state index contributed by atoms with van der Waals surface area (Å²) in [5.74, 6) is 4.03. The Kier molecular flexibility index (Phi) is 33.0. The number of nitrogens with two attached hydrogens (primary N) is 1. The monoisotopic (exact) mass is 1700 g/mol. The van der Waals surface area contributed by atoms with E-state index in [0.29, 0.717) is 52.3 Å². The molecule has 5 aromatic heterocycles. The zero-order valence-corrected chi connectivity index (χ0v) is 69.0. The number of aromatic nitrogens is 10. The van der Waals surface area contributed by atoms with Crippen molar-refractivity contribution >= 4 is 167 Å². The third-order valence-electron chi connectivity index (χ3n) is 17.3. The van der Waals surface area contributed by atoms with Crippen LogP contribution in [0.3, 0.4) is 0 Å². The van der Waals surface area contributed by atoms with E-state index in [9.17, 15) is 35.5 Å². The Morgan fingerprint density at radius 1 is 0.441 bits per heavy atom. The lowest BCUT2D eigenvalue weighted by Crippen LogP contribution is -2.27. The molecule has 8 aromatic carbocycles. The van der Waals surface area contributed by atoms with E-state index < -0.39 is 28.9 Å². The van der Waals surface area contributed by atoms with Crippen molar-refractivity contribution in [2.45, 2.75) is 32.5 Å². The van der Waals surface area contributed by atoms with Crippen LogP contribution in [-0.4, -0.2) is 136 Å². The van der Waals surface area contributed by atoms with Crippen molar-refractivity contribution in [1.29, 1.82) is 0 Å². The molecule has 28 nitrogen and oxygen atoms in total. The van der Waals surface area contributed by atoms with E-state index in [4.69, 9.17) is 40.5 Å². The SMILES string of the molecule is CCc1ccc(N(C)c2ccnc(Cl)n2)cc1.CN(C(=O)Cc1ccc(OC(F)(F)F)cc1)c1ccc(N(C)c2ccnc(Cc3cccc(NS(=O)[O-])c3)n2)cc1.CN(c1ccc(N)cc1)c1ccnc(Cl)n1.CNc1ccc(N(C)c2ccnc(Cl)n2)cc1.CNc1ccc(N(C)c2ccnc(Nc3cccc(NS(=O)[O-])c3)n2)cc1. The number of carbonyl (C=O) groups excluding carboxylic acids is 1. The Labute approximate surface area is 701 Å². The number of nitrogens with zero attached hydrogens (tertiary/aromatic N) is 16. The zero-order valence-electron chi connectivity index (χ0n) is 65.1. The van der Waals surface area contributed by atoms with E-state index in [0.717, 1.165) is 80.8 Å². The molecular weight excluding hydrogens is 1620 g/mol. The van der Waals surface area contributed by atoms with Gasteiger partial charge in [-0.1, -0.05) is 49.4 Å². The summed E-state index contributed by atoms with van der Waals surface area (Å²) in [6, 6.07) is 67.2. The first-order chi connectivity index (χ1) is 56.6. The lowest BCUT2D eigenvalue weighted by atomic mass is 10.1. The average molecular weight is 1700 g/mol. The number of alkyl halides is 3. The standard InChI is InChI=1S/C28H26F3N5O4S.C18H20N6O2S.C13H14ClN3.C12H13ClN4.C11H11ClN4/c1-35(26-14-15-32-25(33-26)17-20-4-3-5-21(16-20)34-41(38)39)22-8-10-23(11-9-22)36(2)27(37)18-19-6-12-24(13-7-19)40-28(29,30)31;1-19-13-6-8-16(9-7-13)24(2)17-10-11-20-18(22-17)21-14-4-3-5-15(12-14)23-27(25)26;1-3-10-4-6-11(7-5-10)17(2)12-8-9-15-13(14)16-12;1-14-9-3-5-10(6-4-9)17(2)11-7-8-15-12(13)16-11;1-16(9-4-2-8(13)3-5-9)10-6-7-14-11(12)15-10/h3-16,34H,17-18H2,1-2H3,(H,38,39);3-12,19,23H,1-2H3,(H,25,26)(H,20,21,22);4-9H,3H2,1-2H3;3-8,14H,1-2H3;2-7H,13H2,1H3/p-2. The number of benzene rings is 8. The number of nitrogens with one attached hydrogen (secondary N) is 5. The third-order valence-corrected chi connectivity index (χ3v) is 18.7. The van der Waals surface area contributed by atoms with E-state index in [2.05, 4.69) is 111 Å². The fourth-order valence-corrected chi connectivity index (χ4v) is 11.9. The first-order valence-electron chi connectivity index (χ1n) is 35.8. The highest BCUT2D eigenvalue weighted by Gasteiger charge is 2.31. The van der Waals surface area contributed by atoms with Crippen LogP contribution in [0.15, 0.2) is 255 Å². The molecule has 1 amide bonds. The van der Waals surface area contributed by atoms with Crippen molar-refractivity contribution in [3.63, 3.8) is 0 Å². The van der Waals surface area contributed by atoms with Crippen LogP contribution >= 0.6 is 34.8 Å². The topological polar surface area (TPSA) is 341 Å². The molecule has 0 spiro atoms. The van der Waals surface area contributed by atoms with E-state index in [-0.39, 0.29) is 33.9 Å². The Morgan fingerprint density at radius 2 is 0.814 bits per heavy atom. The Balaban J connectivity index is 0.000000178. The highest BCUT2D eigenvalue weighted by molar-refractivity contribution is 7.80. The highest BCUT2D eigenvalue weighted by Crippen LogP contribution is 2.31. The molecule has 13 rings (SSSR count). The number of nitrogen functional groups attached to an aromatic ring is 1. The molecule has 118 heavy (non-hydrogen) atoms. The van der Waals surface area contributed by atoms with Gasteiger partial charge in [0.1, 0.15) is 40.7 Å². The number of carbonyl (C=O) groups is 1. The molecule has 5 heterocycles. The molecule has 0 aliphatic rings. The van der Waals surface area contributed by atoms with Crippen molar-refractivity contribution in [1.82, 2.24) is 49.8 Å². The minimum Gasteiger partial charge on any atom is -0.755 e. The number of ether oxygens (including phenoxy) is 1. The summed E-state index contributed by atoms with van der Waals surface area (Å²) in [6.07, 6.45) is 4.90. The van der Waals surface area contributed by atoms with Crippen LogP contribution in [-0.2, 0) is 46.6 Å². The number of rotatable bonds is 25. The average Bonchev–Trinajstić information content (AvgIpc) is 0.813. The molecule has 612 valence electrons. The number of halogens is 6. The summed E-state index contributed by atoms with van der Waals surface area (Å²) >= 11 is 12.5. The van der Waals surface area contributed by atoms with Crippen molar-refractivity contribution in [3.8, 4) is 5.75 Å². The van der Waals surface area contributed by atoms with Crippen LogP contribution in [0.4, 0.5) is 116 Å². The van der Waals surface area contributed by atoms with Crippen LogP contribution in [0.25, 0.3) is 0 Å². The maximum Gasteiger partial charge on any atom is 0.573 e. The van der Waals surface area contributed by atoms with Gasteiger partial charge in [-0.05, 0) is 240 Å². The summed E-state index contributed by atoms with van der Waals surface area (Å²) < 4.78 is 88.9. The largest absolute Gasteiger partial charge is 0.755 e. The van der Waals surface area contributed by atoms with Gasteiger partial charge >= 0.3 is 6.36 Å². The van der Waals surface area contributed by atoms with E-state index in [1.165, 1.54) is 34.7 Å². The van der Waals surface area contributed by atoms with Gasteiger partial charge in [-0.3, -0.25) is 13.2 Å². The van der Waals surface area contributed by atoms with Gasteiger partial charge in [0.25, 0.3) is 0 Å². The molecule has 0 saturated carbocycles. The fraction of sp³-hybridized carbons (Fsp3) is 0.159. The fourth-order valence-electron chi connectivity index (χ4n) is 10.9. The van der Waals surface area contributed by atoms with Crippen molar-refractivity contribution in [2.75, 3.05) is 117 Å². The second kappa shape index (κ2) is 43.7. The molecule has 0 radical (unpaired) electrons. The van der Waals surface area contributed by atoms with Gasteiger partial charge in [-0.25, -0.2) is 44.9 Å². The van der Waals surface area contributed by atoms with Crippen molar-refractivity contribution in [2.24, 2.45) is 0 Å². The van der Waals surface area contributed by atoms with E-state index in [1.54, 1.807) is 105 Å².